The molecular formula is C11H13BrMg. The summed E-state index contributed by atoms with van der Waals surface area (Å²) in [4.78, 5) is 0. The first-order valence-corrected chi connectivity index (χ1v) is 9.65. The highest BCUT2D eigenvalue weighted by Crippen LogP contribution is 2.33. The average Bonchev–Trinajstić information content (AvgIpc) is 2.71. The van der Waals surface area contributed by atoms with Crippen molar-refractivity contribution in [3.63, 3.8) is 0 Å². The zero-order valence-electron chi connectivity index (χ0n) is 7.80. The summed E-state index contributed by atoms with van der Waals surface area (Å²) >= 11 is 3.47. The van der Waals surface area contributed by atoms with Crippen LogP contribution in [-0.4, -0.2) is 18.2 Å². The zero-order chi connectivity index (χ0) is 9.10. The normalized spacial score (nSPS) is 17.3. The molecule has 0 spiro atoms. The number of hydrogen-bond donors (Lipinski definition) is 0. The first-order chi connectivity index (χ1) is 6.40. The highest BCUT2D eigenvalue weighted by atomic mass is 79.9. The fraction of sp³-hybridized carbons (Fsp3) is 0.455. The van der Waals surface area contributed by atoms with Crippen molar-refractivity contribution in [2.45, 2.75) is 31.6 Å². The number of benzene rings is 1. The highest BCUT2D eigenvalue weighted by molar-refractivity contribution is 9.23. The van der Waals surface area contributed by atoms with Crippen molar-refractivity contribution >= 4 is 34.8 Å². The third-order valence-corrected chi connectivity index (χ3v) is 5.68. The molecule has 1 aliphatic carbocycles. The molecule has 2 heteroatoms. The van der Waals surface area contributed by atoms with Gasteiger partial charge in [0.1, 0.15) is 0 Å². The lowest BCUT2D eigenvalue weighted by atomic mass is 9.98. The van der Waals surface area contributed by atoms with Crippen LogP contribution in [0.3, 0.4) is 0 Å². The van der Waals surface area contributed by atoms with Gasteiger partial charge in [0.25, 0.3) is 0 Å². The Balaban J connectivity index is 2.12. The van der Waals surface area contributed by atoms with Crippen LogP contribution in [0.4, 0.5) is 0 Å². The molecule has 1 saturated carbocycles. The second-order valence-corrected chi connectivity index (χ2v) is 6.62. The van der Waals surface area contributed by atoms with Gasteiger partial charge in [-0.2, -0.15) is 3.69 Å². The van der Waals surface area contributed by atoms with Gasteiger partial charge in [-0.05, 0) is 24.3 Å². The molecule has 1 aliphatic rings. The SMILES string of the molecule is [Br][Mg][c]1ccc(C2CCCC2)cc1. The van der Waals surface area contributed by atoms with Crippen molar-refractivity contribution in [2.75, 3.05) is 0 Å². The molecule has 0 amide bonds. The second-order valence-electron chi connectivity index (χ2n) is 3.86. The quantitative estimate of drug-likeness (QED) is 0.707. The standard InChI is InChI=1S/C11H13.BrH.Mg/c1-2-6-10(7-3-1)11-8-4-5-9-11;;/h2-3,6-7,11H,4-5,8-9H2;1H;/q;;+1/p-1. The van der Waals surface area contributed by atoms with Crippen LogP contribution in [-0.2, 0) is 0 Å². The maximum atomic E-state index is 3.60. The Labute approximate surface area is 95.7 Å². The molecule has 1 fully saturated rings. The van der Waals surface area contributed by atoms with Crippen molar-refractivity contribution in [1.82, 2.24) is 0 Å². The Morgan fingerprint density at radius 1 is 1.08 bits per heavy atom. The van der Waals surface area contributed by atoms with Crippen LogP contribution in [0, 0.1) is 0 Å². The van der Waals surface area contributed by atoms with E-state index in [9.17, 15) is 0 Å². The van der Waals surface area contributed by atoms with Gasteiger partial charge in [-0.3, -0.25) is 12.9 Å². The number of halogens is 1. The molecule has 0 aromatic heterocycles. The van der Waals surface area contributed by atoms with Crippen molar-refractivity contribution < 1.29 is 0 Å². The van der Waals surface area contributed by atoms with Gasteiger partial charge in [0, 0.05) is 0 Å². The van der Waals surface area contributed by atoms with Crippen LogP contribution in [0.25, 0.3) is 0 Å². The van der Waals surface area contributed by atoms with E-state index in [2.05, 4.69) is 37.1 Å². The van der Waals surface area contributed by atoms with Gasteiger partial charge in [-0.15, -0.1) is 0 Å². The van der Waals surface area contributed by atoms with Gasteiger partial charge < -0.3 is 0 Å². The van der Waals surface area contributed by atoms with Crippen molar-refractivity contribution in [3.05, 3.63) is 29.8 Å². The molecule has 0 nitrogen and oxygen atoms in total. The van der Waals surface area contributed by atoms with Crippen molar-refractivity contribution in [1.29, 1.82) is 0 Å². The summed E-state index contributed by atoms with van der Waals surface area (Å²) in [7, 11) is 0. The van der Waals surface area contributed by atoms with Crippen LogP contribution < -0.4 is 3.69 Å². The third kappa shape index (κ3) is 2.48. The van der Waals surface area contributed by atoms with Gasteiger partial charge in [-0.25, -0.2) is 0 Å². The van der Waals surface area contributed by atoms with E-state index in [-0.39, 0.29) is 18.2 Å². The Morgan fingerprint density at radius 3 is 2.23 bits per heavy atom. The fourth-order valence-electron chi connectivity index (χ4n) is 2.14. The number of hydrogen-bond acceptors (Lipinski definition) is 0. The molecule has 1 aromatic rings. The summed E-state index contributed by atoms with van der Waals surface area (Å²) in [5.74, 6) is 0.867. The molecule has 0 aliphatic heterocycles. The van der Waals surface area contributed by atoms with Gasteiger partial charge >= 0.3 is 18.2 Å². The smallest absolute Gasteiger partial charge is 0.296 e. The van der Waals surface area contributed by atoms with Gasteiger partial charge in [0.2, 0.25) is 0 Å². The minimum Gasteiger partial charge on any atom is -0.296 e. The van der Waals surface area contributed by atoms with E-state index in [1.54, 1.807) is 5.56 Å². The summed E-state index contributed by atoms with van der Waals surface area (Å²) in [6.07, 6.45) is 5.68. The lowest BCUT2D eigenvalue weighted by Crippen LogP contribution is -2.07. The molecule has 0 unspecified atom stereocenters. The van der Waals surface area contributed by atoms with Crippen LogP contribution in [0.2, 0.25) is 0 Å². The van der Waals surface area contributed by atoms with Crippen LogP contribution in [0.1, 0.15) is 37.2 Å². The van der Waals surface area contributed by atoms with E-state index in [0.29, 0.717) is 0 Å². The largest absolute Gasteiger partial charge is 0.506 e. The predicted molar refractivity (Wildman–Crippen MR) is 62.0 cm³/mol. The minimum absolute atomic E-state index is 0.134. The number of rotatable bonds is 2. The molecule has 0 N–H and O–H groups in total. The Kier molecular flexibility index (Phi) is 3.70. The van der Waals surface area contributed by atoms with E-state index < -0.39 is 0 Å². The molecular weight excluding hydrogens is 236 g/mol. The van der Waals surface area contributed by atoms with Gasteiger partial charge in [-0.1, -0.05) is 37.1 Å². The molecule has 1 aromatic carbocycles. The topological polar surface area (TPSA) is 0 Å². The molecule has 0 radical (unpaired) electrons. The zero-order valence-corrected chi connectivity index (χ0v) is 10.8. The van der Waals surface area contributed by atoms with E-state index in [4.69, 9.17) is 0 Å². The second kappa shape index (κ2) is 4.81. The molecule has 66 valence electrons. The summed E-state index contributed by atoms with van der Waals surface area (Å²) < 4.78 is 1.52. The van der Waals surface area contributed by atoms with Crippen molar-refractivity contribution in [3.8, 4) is 0 Å². The summed E-state index contributed by atoms with van der Waals surface area (Å²) in [5.41, 5.74) is 1.57. The molecule has 0 heterocycles. The van der Waals surface area contributed by atoms with Crippen LogP contribution >= 0.6 is 12.9 Å². The first-order valence-electron chi connectivity index (χ1n) is 5.05. The Hall–Kier alpha value is 0.466. The van der Waals surface area contributed by atoms with Gasteiger partial charge in [0.05, 0.1) is 0 Å². The summed E-state index contributed by atoms with van der Waals surface area (Å²) in [5, 5.41) is 0. The van der Waals surface area contributed by atoms with Crippen molar-refractivity contribution in [2.24, 2.45) is 0 Å². The summed E-state index contributed by atoms with van der Waals surface area (Å²) in [6, 6.07) is 9.27. The van der Waals surface area contributed by atoms with Crippen LogP contribution in [0.15, 0.2) is 24.3 Å². The maximum Gasteiger partial charge on any atom is 0.506 e. The lowest BCUT2D eigenvalue weighted by Gasteiger charge is -2.09. The predicted octanol–water partition coefficient (Wildman–Crippen LogP) is 2.98. The highest BCUT2D eigenvalue weighted by Gasteiger charge is 2.16. The average molecular weight is 249 g/mol. The minimum atomic E-state index is -0.134. The van der Waals surface area contributed by atoms with E-state index in [1.165, 1.54) is 29.4 Å². The fourth-order valence-corrected chi connectivity index (χ4v) is 3.67. The Morgan fingerprint density at radius 2 is 1.69 bits per heavy atom. The lowest BCUT2D eigenvalue weighted by molar-refractivity contribution is 0.723. The van der Waals surface area contributed by atoms with E-state index in [1.807, 2.05) is 0 Å². The third-order valence-electron chi connectivity index (χ3n) is 2.96. The molecule has 0 bridgehead atoms. The monoisotopic (exact) mass is 248 g/mol. The molecule has 13 heavy (non-hydrogen) atoms. The molecule has 0 saturated heterocycles. The molecule has 0 atom stereocenters. The summed E-state index contributed by atoms with van der Waals surface area (Å²) in [6.45, 7) is 0. The van der Waals surface area contributed by atoms with Crippen LogP contribution in [0.5, 0.6) is 0 Å². The Bertz CT molecular complexity index is 262. The molecule has 2 rings (SSSR count). The van der Waals surface area contributed by atoms with E-state index >= 15 is 0 Å². The first kappa shape index (κ1) is 10.0. The van der Waals surface area contributed by atoms with Gasteiger partial charge in [0.15, 0.2) is 0 Å². The van der Waals surface area contributed by atoms with E-state index in [0.717, 1.165) is 5.92 Å². The maximum absolute atomic E-state index is 3.60.